The number of hydrogen-bond donors (Lipinski definition) is 1. The molecule has 0 heterocycles. The van der Waals surface area contributed by atoms with Crippen molar-refractivity contribution in [2.75, 3.05) is 52.7 Å². The van der Waals surface area contributed by atoms with Gasteiger partial charge in [-0.2, -0.15) is 5.10 Å². The fourth-order valence-electron chi connectivity index (χ4n) is 2.90. The first-order valence-corrected chi connectivity index (χ1v) is 11.3. The average molecular weight is 482 g/mol. The van der Waals surface area contributed by atoms with Crippen LogP contribution >= 0.6 is 0 Å². The third-order valence-electron chi connectivity index (χ3n) is 4.43. The van der Waals surface area contributed by atoms with E-state index in [2.05, 4.69) is 10.5 Å². The highest BCUT2D eigenvalue weighted by atomic mass is 32.2. The van der Waals surface area contributed by atoms with Gasteiger partial charge in [0.15, 0.2) is 23.0 Å². The van der Waals surface area contributed by atoms with Crippen LogP contribution in [0.4, 0.5) is 5.69 Å². The molecule has 0 aliphatic rings. The predicted molar refractivity (Wildman–Crippen MR) is 124 cm³/mol. The van der Waals surface area contributed by atoms with E-state index in [9.17, 15) is 13.2 Å². The van der Waals surface area contributed by atoms with E-state index < -0.39 is 22.5 Å². The summed E-state index contributed by atoms with van der Waals surface area (Å²) in [5, 5.41) is 3.90. The van der Waals surface area contributed by atoms with Gasteiger partial charge in [0, 0.05) is 11.6 Å². The van der Waals surface area contributed by atoms with Crippen LogP contribution < -0.4 is 33.4 Å². The molecule has 0 aliphatic heterocycles. The summed E-state index contributed by atoms with van der Waals surface area (Å²) >= 11 is 0. The van der Waals surface area contributed by atoms with E-state index in [0.717, 1.165) is 10.6 Å². The molecular weight excluding hydrogens is 454 g/mol. The summed E-state index contributed by atoms with van der Waals surface area (Å²) in [6.45, 7) is -0.499. The van der Waals surface area contributed by atoms with Crippen LogP contribution in [-0.2, 0) is 14.8 Å². The van der Waals surface area contributed by atoms with Crippen molar-refractivity contribution in [2.45, 2.75) is 0 Å². The lowest BCUT2D eigenvalue weighted by Crippen LogP contribution is -2.39. The van der Waals surface area contributed by atoms with Gasteiger partial charge in [-0.3, -0.25) is 9.10 Å². The lowest BCUT2D eigenvalue weighted by atomic mass is 10.2. The Hall–Kier alpha value is -3.67. The molecule has 0 aromatic heterocycles. The monoisotopic (exact) mass is 481 g/mol. The van der Waals surface area contributed by atoms with Crippen molar-refractivity contribution in [2.24, 2.45) is 5.10 Å². The molecule has 180 valence electrons. The molecule has 0 saturated heterocycles. The number of carbonyl (C=O) groups excluding carboxylic acids is 1. The van der Waals surface area contributed by atoms with Crippen LogP contribution in [0.1, 0.15) is 5.56 Å². The van der Waals surface area contributed by atoms with Crippen molar-refractivity contribution < 1.29 is 36.9 Å². The summed E-state index contributed by atoms with van der Waals surface area (Å²) in [5.74, 6) is 1.35. The van der Waals surface area contributed by atoms with Crippen LogP contribution in [0.2, 0.25) is 0 Å². The standard InChI is InChI=1S/C21H27N3O8S/c1-28-16-8-7-15(11-17(16)29-2)24(33(6,26)27)13-20(25)23-22-12-14-9-18(30-3)21(32-5)19(10-14)31-4/h7-12H,13H2,1-6H3,(H,23,25)/b22-12-. The van der Waals surface area contributed by atoms with Gasteiger partial charge in [0.1, 0.15) is 6.54 Å². The lowest BCUT2D eigenvalue weighted by molar-refractivity contribution is -0.119. The number of anilines is 1. The second-order valence-corrected chi connectivity index (χ2v) is 8.47. The Morgan fingerprint density at radius 3 is 1.97 bits per heavy atom. The van der Waals surface area contributed by atoms with Crippen LogP contribution in [0.5, 0.6) is 28.7 Å². The SMILES string of the molecule is COc1ccc(N(CC(=O)N/N=C\c2cc(OC)c(OC)c(OC)c2)S(C)(=O)=O)cc1OC. The van der Waals surface area contributed by atoms with Gasteiger partial charge >= 0.3 is 0 Å². The quantitative estimate of drug-likeness (QED) is 0.379. The maximum Gasteiger partial charge on any atom is 0.260 e. The first-order valence-electron chi connectivity index (χ1n) is 9.50. The molecule has 1 amide bonds. The molecule has 0 bridgehead atoms. The minimum atomic E-state index is -3.78. The van der Waals surface area contributed by atoms with E-state index in [1.165, 1.54) is 53.9 Å². The number of amides is 1. The van der Waals surface area contributed by atoms with Crippen molar-refractivity contribution in [3.63, 3.8) is 0 Å². The molecule has 2 aromatic carbocycles. The van der Waals surface area contributed by atoms with Gasteiger partial charge < -0.3 is 23.7 Å². The predicted octanol–water partition coefficient (Wildman–Crippen LogP) is 1.65. The van der Waals surface area contributed by atoms with Gasteiger partial charge in [-0.25, -0.2) is 13.8 Å². The topological polar surface area (TPSA) is 125 Å². The summed E-state index contributed by atoms with van der Waals surface area (Å²) in [6, 6.07) is 7.81. The first-order chi connectivity index (χ1) is 15.7. The van der Waals surface area contributed by atoms with Crippen molar-refractivity contribution in [3.8, 4) is 28.7 Å². The second kappa shape index (κ2) is 11.3. The van der Waals surface area contributed by atoms with E-state index in [4.69, 9.17) is 23.7 Å². The molecule has 11 nitrogen and oxygen atoms in total. The highest BCUT2D eigenvalue weighted by Crippen LogP contribution is 2.37. The lowest BCUT2D eigenvalue weighted by Gasteiger charge is -2.22. The van der Waals surface area contributed by atoms with Gasteiger partial charge in [0.25, 0.3) is 5.91 Å². The third-order valence-corrected chi connectivity index (χ3v) is 5.57. The Kier molecular flexibility index (Phi) is 8.74. The highest BCUT2D eigenvalue weighted by Gasteiger charge is 2.22. The maximum absolute atomic E-state index is 12.4. The van der Waals surface area contributed by atoms with Gasteiger partial charge in [-0.05, 0) is 24.3 Å². The number of sulfonamides is 1. The van der Waals surface area contributed by atoms with E-state index in [0.29, 0.717) is 34.3 Å². The zero-order chi connectivity index (χ0) is 24.6. The summed E-state index contributed by atoms with van der Waals surface area (Å²) in [4.78, 5) is 12.4. The molecule has 0 aliphatic carbocycles. The Balaban J connectivity index is 2.20. The summed E-state index contributed by atoms with van der Waals surface area (Å²) in [6.07, 6.45) is 2.36. The van der Waals surface area contributed by atoms with Crippen molar-refractivity contribution in [1.82, 2.24) is 5.43 Å². The molecule has 2 aromatic rings. The van der Waals surface area contributed by atoms with Gasteiger partial charge in [-0.1, -0.05) is 0 Å². The molecule has 12 heteroatoms. The number of nitrogens with zero attached hydrogens (tertiary/aromatic N) is 2. The Morgan fingerprint density at radius 1 is 0.909 bits per heavy atom. The van der Waals surface area contributed by atoms with Crippen LogP contribution in [0.15, 0.2) is 35.4 Å². The van der Waals surface area contributed by atoms with Crippen LogP contribution in [0.3, 0.4) is 0 Å². The van der Waals surface area contributed by atoms with E-state index in [-0.39, 0.29) is 5.69 Å². The van der Waals surface area contributed by atoms with Crippen LogP contribution in [-0.4, -0.2) is 68.9 Å². The zero-order valence-corrected chi connectivity index (χ0v) is 20.1. The largest absolute Gasteiger partial charge is 0.493 e. The molecule has 0 spiro atoms. The van der Waals surface area contributed by atoms with Crippen molar-refractivity contribution in [3.05, 3.63) is 35.9 Å². The highest BCUT2D eigenvalue weighted by molar-refractivity contribution is 7.92. The fourth-order valence-corrected chi connectivity index (χ4v) is 3.75. The van der Waals surface area contributed by atoms with Crippen molar-refractivity contribution in [1.29, 1.82) is 0 Å². The Morgan fingerprint density at radius 2 is 1.48 bits per heavy atom. The number of benzene rings is 2. The summed E-state index contributed by atoms with van der Waals surface area (Å²) in [5.41, 5.74) is 3.11. The smallest absolute Gasteiger partial charge is 0.260 e. The number of carbonyl (C=O) groups is 1. The number of rotatable bonds is 11. The number of hydrogen-bond acceptors (Lipinski definition) is 9. The van der Waals surface area contributed by atoms with Crippen molar-refractivity contribution >= 4 is 27.8 Å². The molecular formula is C21H27N3O8S. The average Bonchev–Trinajstić information content (AvgIpc) is 2.80. The molecule has 0 saturated carbocycles. The van der Waals surface area contributed by atoms with E-state index in [1.807, 2.05) is 0 Å². The minimum Gasteiger partial charge on any atom is -0.493 e. The number of methoxy groups -OCH3 is 5. The summed E-state index contributed by atoms with van der Waals surface area (Å²) < 4.78 is 51.7. The molecule has 1 N–H and O–H groups in total. The number of ether oxygens (including phenoxy) is 5. The van der Waals surface area contributed by atoms with Crippen LogP contribution in [0, 0.1) is 0 Å². The minimum absolute atomic E-state index is 0.235. The maximum atomic E-state index is 12.4. The van der Waals surface area contributed by atoms with E-state index in [1.54, 1.807) is 18.2 Å². The normalized spacial score (nSPS) is 11.1. The first kappa shape index (κ1) is 25.6. The van der Waals surface area contributed by atoms with Gasteiger partial charge in [-0.15, -0.1) is 0 Å². The summed E-state index contributed by atoms with van der Waals surface area (Å²) in [7, 11) is 3.55. The number of hydrazone groups is 1. The van der Waals surface area contributed by atoms with E-state index >= 15 is 0 Å². The molecule has 33 heavy (non-hydrogen) atoms. The molecule has 0 radical (unpaired) electrons. The number of nitrogens with one attached hydrogen (secondary N) is 1. The molecule has 0 fully saturated rings. The third kappa shape index (κ3) is 6.42. The fraction of sp³-hybridized carbons (Fsp3) is 0.333. The molecule has 2 rings (SSSR count). The Bertz CT molecular complexity index is 1090. The van der Waals surface area contributed by atoms with Gasteiger partial charge in [0.2, 0.25) is 15.8 Å². The molecule has 0 unspecified atom stereocenters. The van der Waals surface area contributed by atoms with Gasteiger partial charge in [0.05, 0.1) is 53.7 Å². The molecule has 0 atom stereocenters. The second-order valence-electron chi connectivity index (χ2n) is 6.56. The van der Waals surface area contributed by atoms with Crippen LogP contribution in [0.25, 0.3) is 0 Å². The zero-order valence-electron chi connectivity index (χ0n) is 19.2. The Labute approximate surface area is 192 Å².